The molecule has 0 aliphatic carbocycles. The predicted molar refractivity (Wildman–Crippen MR) is 45.0 cm³/mol. The molecule has 0 radical (unpaired) electrons. The van der Waals surface area contributed by atoms with E-state index < -0.39 is 0 Å². The molecule has 3 heteroatoms. The molecule has 0 saturated heterocycles. The van der Waals surface area contributed by atoms with E-state index in [1.54, 1.807) is 11.3 Å². The summed E-state index contributed by atoms with van der Waals surface area (Å²) >= 11 is 3.86. The number of nitrogens with zero attached hydrogens (tertiary/aromatic N) is 1. The Labute approximate surface area is 72.3 Å². The van der Waals surface area contributed by atoms with Crippen LogP contribution in [0.4, 0.5) is 0 Å². The van der Waals surface area contributed by atoms with Crippen LogP contribution in [0.25, 0.3) is 10.2 Å². The fraction of sp³-hybridized carbons (Fsp3) is 0. The number of rotatable bonds is 0. The third kappa shape index (κ3) is 0.893. The number of hydrogen-bond donors (Lipinski definition) is 0. The Balaban J connectivity index is 2.95. The van der Waals surface area contributed by atoms with E-state index in [0.29, 0.717) is 0 Å². The van der Waals surface area contributed by atoms with Crippen molar-refractivity contribution in [2.45, 2.75) is 0 Å². The van der Waals surface area contributed by atoms with Crippen molar-refractivity contribution in [2.24, 2.45) is 0 Å². The monoisotopic (exact) mass is 141 g/mol. The van der Waals surface area contributed by atoms with E-state index in [9.17, 15) is 0 Å². The predicted octanol–water partition coefficient (Wildman–Crippen LogP) is 1.09. The molecular weight excluding hydrogens is 137 g/mol. The first kappa shape index (κ1) is 6.42. The summed E-state index contributed by atoms with van der Waals surface area (Å²) in [6.07, 6.45) is 1.85. The second-order valence-corrected chi connectivity index (χ2v) is 3.18. The molecule has 0 aromatic carbocycles. The Kier molecular flexibility index (Phi) is 1.54. The van der Waals surface area contributed by atoms with Gasteiger partial charge in [-0.25, -0.2) is 0 Å². The van der Waals surface area contributed by atoms with Crippen LogP contribution >= 0.6 is 11.3 Å². The summed E-state index contributed by atoms with van der Waals surface area (Å²) in [4.78, 5) is 4.21. The fourth-order valence-electron chi connectivity index (χ4n) is 1.00. The van der Waals surface area contributed by atoms with Crippen LogP contribution in [-0.2, 0) is 0 Å². The van der Waals surface area contributed by atoms with E-state index in [0.717, 1.165) is 5.52 Å². The minimum absolute atomic E-state index is 1.12. The van der Waals surface area contributed by atoms with Crippen molar-refractivity contribution >= 4 is 43.5 Å². The number of aromatic nitrogens is 1. The summed E-state index contributed by atoms with van der Waals surface area (Å²) in [5.74, 6) is 0. The normalized spacial score (nSPS) is 10.6. The molecule has 0 atom stereocenters. The van der Waals surface area contributed by atoms with Gasteiger partial charge in [-0.1, -0.05) is 0 Å². The van der Waals surface area contributed by atoms with E-state index >= 15 is 0 Å². The maximum absolute atomic E-state index is 4.21. The van der Waals surface area contributed by atoms with Crippen molar-refractivity contribution in [1.82, 2.24) is 4.98 Å². The number of pyridine rings is 1. The van der Waals surface area contributed by atoms with Gasteiger partial charge in [-0.15, -0.1) is 0 Å². The molecule has 0 fully saturated rings. The topological polar surface area (TPSA) is 12.9 Å². The van der Waals surface area contributed by atoms with Crippen molar-refractivity contribution in [3.05, 3.63) is 23.7 Å². The first-order chi connectivity index (χ1) is 4.88. The molecule has 0 aliphatic rings. The van der Waals surface area contributed by atoms with Gasteiger partial charge in [0.2, 0.25) is 0 Å². The van der Waals surface area contributed by atoms with Crippen LogP contribution in [0, 0.1) is 0 Å². The van der Waals surface area contributed by atoms with Crippen molar-refractivity contribution in [1.29, 1.82) is 0 Å². The second kappa shape index (κ2) is 2.39. The maximum atomic E-state index is 4.21. The quantitative estimate of drug-likeness (QED) is 0.500. The zero-order chi connectivity index (χ0) is 6.97. The Bertz CT molecular complexity index is 355. The van der Waals surface area contributed by atoms with Crippen LogP contribution in [-0.4, -0.2) is 22.7 Å². The summed E-state index contributed by atoms with van der Waals surface area (Å²) in [5, 5.41) is 2.07. The number of hydrogen-bond acceptors (Lipinski definition) is 2. The average Bonchev–Trinajstić information content (AvgIpc) is 2.36. The molecule has 44 valence electrons. The molecule has 0 spiro atoms. The molecule has 0 bridgehead atoms. The third-order valence-electron chi connectivity index (χ3n) is 1.54. The van der Waals surface area contributed by atoms with Gasteiger partial charge in [-0.2, -0.15) is 0 Å². The van der Waals surface area contributed by atoms with Crippen molar-refractivity contribution in [3.8, 4) is 0 Å². The van der Waals surface area contributed by atoms with E-state index in [1.165, 1.54) is 8.94 Å². The van der Waals surface area contributed by atoms with Gasteiger partial charge in [0.25, 0.3) is 0 Å². The van der Waals surface area contributed by atoms with Gasteiger partial charge in [-0.3, -0.25) is 0 Å². The molecule has 1 nitrogen and oxygen atoms in total. The summed E-state index contributed by atoms with van der Waals surface area (Å²) in [5.41, 5.74) is 1.12. The number of fused-ring (bicyclic) bond motifs is 1. The van der Waals surface area contributed by atoms with E-state index in [2.05, 4.69) is 28.1 Å². The molecule has 10 heavy (non-hydrogen) atoms. The average molecular weight is 141 g/mol. The third-order valence-corrected chi connectivity index (χ3v) is 2.58. The summed E-state index contributed by atoms with van der Waals surface area (Å²) in [7, 11) is 0. The molecule has 0 N–H and O–H groups in total. The van der Waals surface area contributed by atoms with Gasteiger partial charge in [0, 0.05) is 0 Å². The van der Waals surface area contributed by atoms with Crippen LogP contribution in [0.2, 0.25) is 0 Å². The van der Waals surface area contributed by atoms with E-state index in [-0.39, 0.29) is 0 Å². The molecule has 0 amide bonds. The van der Waals surface area contributed by atoms with Crippen LogP contribution in [0.1, 0.15) is 0 Å². The SMILES string of the molecule is [Li][c]1ccnc2ccsc12. The van der Waals surface area contributed by atoms with Gasteiger partial charge in [-0.05, 0) is 0 Å². The first-order valence-corrected chi connectivity index (χ1v) is 4.05. The minimum atomic E-state index is 1.12. The molecular formula is C7H4LiNS. The molecule has 0 aliphatic heterocycles. The Hall–Kier alpha value is -0.293. The van der Waals surface area contributed by atoms with Gasteiger partial charge in [0.1, 0.15) is 0 Å². The molecule has 2 rings (SSSR count). The molecule has 2 aromatic heterocycles. The Morgan fingerprint density at radius 2 is 2.30 bits per heavy atom. The standard InChI is InChI=1S/C7H4NS.Li/c1-2-7-6(8-4-1)3-5-9-7;/h1,3-5H;. The Morgan fingerprint density at radius 3 is 3.10 bits per heavy atom. The van der Waals surface area contributed by atoms with Crippen LogP contribution < -0.4 is 4.24 Å². The zero-order valence-electron chi connectivity index (χ0n) is 5.66. The van der Waals surface area contributed by atoms with Gasteiger partial charge in [0.15, 0.2) is 0 Å². The van der Waals surface area contributed by atoms with Crippen LogP contribution in [0.5, 0.6) is 0 Å². The van der Waals surface area contributed by atoms with E-state index in [1.807, 2.05) is 18.3 Å². The molecule has 0 saturated carbocycles. The fourth-order valence-corrected chi connectivity index (χ4v) is 1.83. The van der Waals surface area contributed by atoms with Crippen molar-refractivity contribution in [2.75, 3.05) is 0 Å². The van der Waals surface area contributed by atoms with Gasteiger partial charge < -0.3 is 0 Å². The summed E-state index contributed by atoms with van der Waals surface area (Å²) < 4.78 is 2.63. The molecule has 0 unspecified atom stereocenters. The van der Waals surface area contributed by atoms with Gasteiger partial charge in [0.05, 0.1) is 0 Å². The van der Waals surface area contributed by atoms with Gasteiger partial charge >= 0.3 is 72.2 Å². The Morgan fingerprint density at radius 1 is 1.40 bits per heavy atom. The van der Waals surface area contributed by atoms with E-state index in [4.69, 9.17) is 0 Å². The zero-order valence-corrected chi connectivity index (χ0v) is 6.48. The first-order valence-electron chi connectivity index (χ1n) is 3.17. The van der Waals surface area contributed by atoms with Crippen LogP contribution in [0.3, 0.4) is 0 Å². The number of thiophene rings is 1. The second-order valence-electron chi connectivity index (χ2n) is 2.26. The van der Waals surface area contributed by atoms with Crippen molar-refractivity contribution in [3.63, 3.8) is 0 Å². The van der Waals surface area contributed by atoms with Crippen LogP contribution in [0.15, 0.2) is 23.7 Å². The summed E-state index contributed by atoms with van der Waals surface area (Å²) in [6.45, 7) is 0. The summed E-state index contributed by atoms with van der Waals surface area (Å²) in [6, 6.07) is 4.09. The van der Waals surface area contributed by atoms with Crippen molar-refractivity contribution < 1.29 is 0 Å². The molecule has 2 heterocycles. The molecule has 2 aromatic rings.